The summed E-state index contributed by atoms with van der Waals surface area (Å²) in [4.78, 5) is 24.7. The van der Waals surface area contributed by atoms with Crippen molar-refractivity contribution < 1.29 is 14.7 Å². The number of carboxylic acids is 1. The Labute approximate surface area is 135 Å². The van der Waals surface area contributed by atoms with Crippen molar-refractivity contribution in [3.05, 3.63) is 63.6 Å². The summed E-state index contributed by atoms with van der Waals surface area (Å²) in [6, 6.07) is 13.2. The highest BCUT2D eigenvalue weighted by Gasteiger charge is 2.20. The third-order valence-corrected chi connectivity index (χ3v) is 3.51. The van der Waals surface area contributed by atoms with E-state index in [-0.39, 0.29) is 0 Å². The first kappa shape index (κ1) is 15.5. The molecule has 0 atom stereocenters. The molecule has 2 aromatic rings. The van der Waals surface area contributed by atoms with Crippen molar-refractivity contribution in [2.45, 2.75) is 0 Å². The number of aliphatic carboxylic acids is 1. The van der Waals surface area contributed by atoms with Gasteiger partial charge in [0.25, 0.3) is 5.91 Å². The average molecular weight is 369 g/mol. The number of hydrogen-bond donors (Lipinski definition) is 1. The van der Waals surface area contributed by atoms with Gasteiger partial charge >= 0.3 is 5.97 Å². The van der Waals surface area contributed by atoms with Crippen molar-refractivity contribution in [2.75, 3.05) is 11.4 Å². The number of rotatable bonds is 4. The summed E-state index contributed by atoms with van der Waals surface area (Å²) in [5, 5.41) is 9.46. The fourth-order valence-electron chi connectivity index (χ4n) is 1.81. The molecule has 6 heteroatoms. The zero-order chi connectivity index (χ0) is 15.4. The highest BCUT2D eigenvalue weighted by Crippen LogP contribution is 2.22. The SMILES string of the molecule is O=C(O)CN(C(=O)c1ccc(Br)cc1)c1cccc(Cl)c1. The smallest absolute Gasteiger partial charge is 0.323 e. The quantitative estimate of drug-likeness (QED) is 0.892. The van der Waals surface area contributed by atoms with Gasteiger partial charge in [0.2, 0.25) is 0 Å². The molecule has 1 amide bonds. The van der Waals surface area contributed by atoms with Crippen molar-refractivity contribution in [2.24, 2.45) is 0 Å². The maximum absolute atomic E-state index is 12.5. The molecule has 0 aliphatic heterocycles. The van der Waals surface area contributed by atoms with E-state index >= 15 is 0 Å². The molecule has 0 aromatic heterocycles. The molecule has 0 saturated carbocycles. The van der Waals surface area contributed by atoms with Gasteiger partial charge in [0.1, 0.15) is 6.54 Å². The number of nitrogens with zero attached hydrogens (tertiary/aromatic N) is 1. The molecule has 0 heterocycles. The van der Waals surface area contributed by atoms with Gasteiger partial charge in [0.15, 0.2) is 0 Å². The van der Waals surface area contributed by atoms with Crippen LogP contribution in [0.2, 0.25) is 5.02 Å². The second kappa shape index (κ2) is 6.74. The molecule has 0 bridgehead atoms. The van der Waals surface area contributed by atoms with E-state index in [9.17, 15) is 9.59 Å². The molecular formula is C15H11BrClNO3. The van der Waals surface area contributed by atoms with Gasteiger partial charge in [0, 0.05) is 20.7 Å². The summed E-state index contributed by atoms with van der Waals surface area (Å²) in [6.07, 6.45) is 0. The van der Waals surface area contributed by atoms with Crippen LogP contribution in [0, 0.1) is 0 Å². The van der Waals surface area contributed by atoms with Gasteiger partial charge in [-0.2, -0.15) is 0 Å². The van der Waals surface area contributed by atoms with E-state index in [1.807, 2.05) is 0 Å². The van der Waals surface area contributed by atoms with Crippen LogP contribution in [-0.2, 0) is 4.79 Å². The lowest BCUT2D eigenvalue weighted by Crippen LogP contribution is -2.35. The van der Waals surface area contributed by atoms with Crippen LogP contribution in [0.3, 0.4) is 0 Å². The first-order valence-electron chi connectivity index (χ1n) is 6.02. The van der Waals surface area contributed by atoms with E-state index in [1.54, 1.807) is 48.5 Å². The molecule has 2 aromatic carbocycles. The fourth-order valence-corrected chi connectivity index (χ4v) is 2.26. The molecular weight excluding hydrogens is 358 g/mol. The Morgan fingerprint density at radius 1 is 1.14 bits per heavy atom. The highest BCUT2D eigenvalue weighted by molar-refractivity contribution is 9.10. The Kier molecular flexibility index (Phi) is 4.98. The Hall–Kier alpha value is -1.85. The number of hydrogen-bond acceptors (Lipinski definition) is 2. The van der Waals surface area contributed by atoms with Gasteiger partial charge < -0.3 is 5.11 Å². The fraction of sp³-hybridized carbons (Fsp3) is 0.0667. The Balaban J connectivity index is 2.38. The molecule has 0 saturated heterocycles. The first-order chi connectivity index (χ1) is 9.97. The van der Waals surface area contributed by atoms with Crippen LogP contribution in [0.15, 0.2) is 53.0 Å². The average Bonchev–Trinajstić information content (AvgIpc) is 2.44. The van der Waals surface area contributed by atoms with Crippen LogP contribution in [-0.4, -0.2) is 23.5 Å². The minimum atomic E-state index is -1.10. The summed E-state index contributed by atoms with van der Waals surface area (Å²) in [7, 11) is 0. The lowest BCUT2D eigenvalue weighted by Gasteiger charge is -2.21. The maximum atomic E-state index is 12.5. The van der Waals surface area contributed by atoms with E-state index in [1.165, 1.54) is 4.90 Å². The second-order valence-corrected chi connectivity index (χ2v) is 5.62. The minimum Gasteiger partial charge on any atom is -0.480 e. The third-order valence-electron chi connectivity index (χ3n) is 2.75. The number of anilines is 1. The number of carbonyl (C=O) groups excluding carboxylic acids is 1. The van der Waals surface area contributed by atoms with Gasteiger partial charge in [-0.1, -0.05) is 33.6 Å². The predicted octanol–water partition coefficient (Wildman–Crippen LogP) is 3.83. The van der Waals surface area contributed by atoms with Gasteiger partial charge in [-0.05, 0) is 42.5 Å². The summed E-state index contributed by atoms with van der Waals surface area (Å²) in [5.74, 6) is -1.49. The van der Waals surface area contributed by atoms with Crippen LogP contribution in [0.1, 0.15) is 10.4 Å². The van der Waals surface area contributed by atoms with Gasteiger partial charge in [0.05, 0.1) is 0 Å². The molecule has 0 radical (unpaired) electrons. The van der Waals surface area contributed by atoms with E-state index in [0.29, 0.717) is 16.3 Å². The van der Waals surface area contributed by atoms with E-state index in [0.717, 1.165) is 4.47 Å². The Bertz CT molecular complexity index is 673. The lowest BCUT2D eigenvalue weighted by atomic mass is 10.2. The molecule has 1 N–H and O–H groups in total. The molecule has 0 spiro atoms. The van der Waals surface area contributed by atoms with Crippen LogP contribution >= 0.6 is 27.5 Å². The van der Waals surface area contributed by atoms with Crippen molar-refractivity contribution in [3.8, 4) is 0 Å². The topological polar surface area (TPSA) is 57.6 Å². The van der Waals surface area contributed by atoms with Crippen molar-refractivity contribution in [3.63, 3.8) is 0 Å². The summed E-state index contributed by atoms with van der Waals surface area (Å²) in [5.41, 5.74) is 0.845. The maximum Gasteiger partial charge on any atom is 0.323 e. The molecule has 2 rings (SSSR count). The van der Waals surface area contributed by atoms with Gasteiger partial charge in [-0.3, -0.25) is 14.5 Å². The summed E-state index contributed by atoms with van der Waals surface area (Å²) >= 11 is 9.20. The number of amides is 1. The van der Waals surface area contributed by atoms with Crippen LogP contribution in [0.4, 0.5) is 5.69 Å². The largest absolute Gasteiger partial charge is 0.480 e. The molecule has 4 nitrogen and oxygen atoms in total. The van der Waals surface area contributed by atoms with E-state index in [2.05, 4.69) is 15.9 Å². The van der Waals surface area contributed by atoms with Gasteiger partial charge in [-0.15, -0.1) is 0 Å². The second-order valence-electron chi connectivity index (χ2n) is 4.27. The lowest BCUT2D eigenvalue weighted by molar-refractivity contribution is -0.135. The minimum absolute atomic E-state index is 0.396. The first-order valence-corrected chi connectivity index (χ1v) is 7.19. The molecule has 0 aliphatic carbocycles. The summed E-state index contributed by atoms with van der Waals surface area (Å²) in [6.45, 7) is -0.435. The molecule has 21 heavy (non-hydrogen) atoms. The van der Waals surface area contributed by atoms with Crippen molar-refractivity contribution in [1.29, 1.82) is 0 Å². The number of carboxylic acid groups (broad SMARTS) is 1. The number of benzene rings is 2. The molecule has 0 aliphatic rings. The Morgan fingerprint density at radius 3 is 2.38 bits per heavy atom. The van der Waals surface area contributed by atoms with Crippen molar-refractivity contribution in [1.82, 2.24) is 0 Å². The predicted molar refractivity (Wildman–Crippen MR) is 84.9 cm³/mol. The normalized spacial score (nSPS) is 10.2. The summed E-state index contributed by atoms with van der Waals surface area (Å²) < 4.78 is 0.839. The monoisotopic (exact) mass is 367 g/mol. The molecule has 108 valence electrons. The van der Waals surface area contributed by atoms with E-state index < -0.39 is 18.4 Å². The zero-order valence-corrected chi connectivity index (χ0v) is 13.1. The van der Waals surface area contributed by atoms with Gasteiger partial charge in [-0.25, -0.2) is 0 Å². The zero-order valence-electron chi connectivity index (χ0n) is 10.8. The van der Waals surface area contributed by atoms with Crippen LogP contribution in [0.5, 0.6) is 0 Å². The standard InChI is InChI=1S/C15H11BrClNO3/c16-11-6-4-10(5-7-11)15(21)18(9-14(19)20)13-3-1-2-12(17)8-13/h1-8H,9H2,(H,19,20). The molecule has 0 unspecified atom stereocenters. The van der Waals surface area contributed by atoms with E-state index in [4.69, 9.17) is 16.7 Å². The third kappa shape index (κ3) is 4.06. The van der Waals surface area contributed by atoms with Crippen molar-refractivity contribution >= 4 is 45.1 Å². The van der Waals surface area contributed by atoms with Crippen LogP contribution in [0.25, 0.3) is 0 Å². The highest BCUT2D eigenvalue weighted by atomic mass is 79.9. The molecule has 0 fully saturated rings. The Morgan fingerprint density at radius 2 is 1.81 bits per heavy atom. The number of carbonyl (C=O) groups is 2. The number of halogens is 2. The van der Waals surface area contributed by atoms with Crippen LogP contribution < -0.4 is 4.90 Å².